The van der Waals surface area contributed by atoms with E-state index in [1.54, 1.807) is 11.8 Å². The number of halogens is 1. The summed E-state index contributed by atoms with van der Waals surface area (Å²) in [7, 11) is 1.41. The van der Waals surface area contributed by atoms with Crippen LogP contribution >= 0.6 is 23.4 Å². The second kappa shape index (κ2) is 6.12. The van der Waals surface area contributed by atoms with E-state index in [-0.39, 0.29) is 5.97 Å². The molecule has 0 saturated carbocycles. The minimum absolute atomic E-state index is 0.171. The SMILES string of the molecule is COC(=O)CCSc1ccc2cc(Cl)ccc2c1. The van der Waals surface area contributed by atoms with Crippen molar-refractivity contribution in [3.8, 4) is 0 Å². The number of carbonyl (C=O) groups is 1. The van der Waals surface area contributed by atoms with Crippen molar-refractivity contribution >= 4 is 40.1 Å². The summed E-state index contributed by atoms with van der Waals surface area (Å²) in [5.74, 6) is 0.557. The molecule has 0 unspecified atom stereocenters. The standard InChI is InChI=1S/C14H13ClO2S/c1-17-14(16)6-7-18-13-5-3-10-8-12(15)4-2-11(10)9-13/h2-5,8-9H,6-7H2,1H3. The Bertz CT molecular complexity index is 569. The van der Waals surface area contributed by atoms with Crippen molar-refractivity contribution in [2.45, 2.75) is 11.3 Å². The number of hydrogen-bond acceptors (Lipinski definition) is 3. The van der Waals surface area contributed by atoms with Crippen LogP contribution in [0.4, 0.5) is 0 Å². The maximum Gasteiger partial charge on any atom is 0.306 e. The molecule has 0 bridgehead atoms. The first kappa shape index (κ1) is 13.2. The van der Waals surface area contributed by atoms with E-state index < -0.39 is 0 Å². The molecule has 0 heterocycles. The normalized spacial score (nSPS) is 10.6. The maximum absolute atomic E-state index is 11.0. The average molecular weight is 281 g/mol. The predicted molar refractivity (Wildman–Crippen MR) is 76.3 cm³/mol. The first-order chi connectivity index (χ1) is 8.69. The molecule has 0 amide bonds. The number of methoxy groups -OCH3 is 1. The van der Waals surface area contributed by atoms with Crippen LogP contribution < -0.4 is 0 Å². The van der Waals surface area contributed by atoms with Gasteiger partial charge in [0.25, 0.3) is 0 Å². The molecular weight excluding hydrogens is 268 g/mol. The fourth-order valence-electron chi connectivity index (χ4n) is 1.64. The topological polar surface area (TPSA) is 26.3 Å². The fourth-order valence-corrected chi connectivity index (χ4v) is 2.70. The zero-order valence-corrected chi connectivity index (χ0v) is 11.6. The molecule has 4 heteroatoms. The van der Waals surface area contributed by atoms with E-state index in [0.29, 0.717) is 6.42 Å². The van der Waals surface area contributed by atoms with Crippen molar-refractivity contribution in [2.75, 3.05) is 12.9 Å². The Morgan fingerprint density at radius 3 is 2.72 bits per heavy atom. The summed E-state index contributed by atoms with van der Waals surface area (Å²) in [5, 5.41) is 3.02. The number of carbonyl (C=O) groups excluding carboxylic acids is 1. The molecule has 2 nitrogen and oxygen atoms in total. The van der Waals surface area contributed by atoms with E-state index in [1.807, 2.05) is 30.3 Å². The number of thioether (sulfide) groups is 1. The number of ether oxygens (including phenoxy) is 1. The highest BCUT2D eigenvalue weighted by Crippen LogP contribution is 2.26. The molecule has 2 aromatic rings. The predicted octanol–water partition coefficient (Wildman–Crippen LogP) is 4.15. The minimum Gasteiger partial charge on any atom is -0.469 e. The van der Waals surface area contributed by atoms with Gasteiger partial charge in [-0.25, -0.2) is 0 Å². The Morgan fingerprint density at radius 2 is 1.94 bits per heavy atom. The lowest BCUT2D eigenvalue weighted by atomic mass is 10.1. The van der Waals surface area contributed by atoms with Gasteiger partial charge in [0.15, 0.2) is 0 Å². The van der Waals surface area contributed by atoms with Crippen LogP contribution in [0.5, 0.6) is 0 Å². The molecule has 0 aliphatic carbocycles. The molecule has 0 radical (unpaired) electrons. The van der Waals surface area contributed by atoms with Crippen LogP contribution in [0, 0.1) is 0 Å². The van der Waals surface area contributed by atoms with E-state index in [1.165, 1.54) is 7.11 Å². The highest BCUT2D eigenvalue weighted by molar-refractivity contribution is 7.99. The van der Waals surface area contributed by atoms with E-state index in [2.05, 4.69) is 10.8 Å². The molecule has 0 aliphatic rings. The van der Waals surface area contributed by atoms with Crippen molar-refractivity contribution in [3.05, 3.63) is 41.4 Å². The van der Waals surface area contributed by atoms with Crippen LogP contribution in [0.25, 0.3) is 10.8 Å². The lowest BCUT2D eigenvalue weighted by Crippen LogP contribution is -2.00. The highest BCUT2D eigenvalue weighted by Gasteiger charge is 2.02. The number of fused-ring (bicyclic) bond motifs is 1. The van der Waals surface area contributed by atoms with Gasteiger partial charge in [-0.3, -0.25) is 4.79 Å². The average Bonchev–Trinajstić information content (AvgIpc) is 2.38. The molecule has 0 aromatic heterocycles. The van der Waals surface area contributed by atoms with Crippen LogP contribution in [-0.4, -0.2) is 18.8 Å². The van der Waals surface area contributed by atoms with Gasteiger partial charge >= 0.3 is 5.97 Å². The van der Waals surface area contributed by atoms with E-state index in [9.17, 15) is 4.79 Å². The summed E-state index contributed by atoms with van der Waals surface area (Å²) in [4.78, 5) is 12.1. The molecule has 0 N–H and O–H groups in total. The quantitative estimate of drug-likeness (QED) is 0.622. The molecule has 2 aromatic carbocycles. The van der Waals surface area contributed by atoms with Crippen molar-refractivity contribution in [2.24, 2.45) is 0 Å². The van der Waals surface area contributed by atoms with Crippen LogP contribution in [0.3, 0.4) is 0 Å². The molecule has 0 aliphatic heterocycles. The molecule has 2 rings (SSSR count). The second-order valence-electron chi connectivity index (χ2n) is 3.83. The Balaban J connectivity index is 2.06. The smallest absolute Gasteiger partial charge is 0.306 e. The lowest BCUT2D eigenvalue weighted by molar-refractivity contribution is -0.140. The Labute approximate surface area is 115 Å². The van der Waals surface area contributed by atoms with Gasteiger partial charge in [-0.2, -0.15) is 0 Å². The Hall–Kier alpha value is -1.19. The molecule has 0 fully saturated rings. The molecule has 94 valence electrons. The highest BCUT2D eigenvalue weighted by atomic mass is 35.5. The van der Waals surface area contributed by atoms with Gasteiger partial charge in [0.2, 0.25) is 0 Å². The zero-order valence-electron chi connectivity index (χ0n) is 9.98. The minimum atomic E-state index is -0.171. The van der Waals surface area contributed by atoms with Gasteiger partial charge in [0.1, 0.15) is 0 Å². The van der Waals surface area contributed by atoms with Crippen LogP contribution in [0.15, 0.2) is 41.3 Å². The summed E-state index contributed by atoms with van der Waals surface area (Å²) < 4.78 is 4.60. The van der Waals surface area contributed by atoms with Gasteiger partial charge < -0.3 is 4.74 Å². The maximum atomic E-state index is 11.0. The van der Waals surface area contributed by atoms with Crippen molar-refractivity contribution < 1.29 is 9.53 Å². The van der Waals surface area contributed by atoms with Crippen molar-refractivity contribution in [1.82, 2.24) is 0 Å². The number of esters is 1. The van der Waals surface area contributed by atoms with Gasteiger partial charge in [0.05, 0.1) is 13.5 Å². The molecule has 0 saturated heterocycles. The third-order valence-electron chi connectivity index (χ3n) is 2.58. The zero-order chi connectivity index (χ0) is 13.0. The summed E-state index contributed by atoms with van der Waals surface area (Å²) in [6, 6.07) is 12.0. The number of benzene rings is 2. The van der Waals surface area contributed by atoms with Crippen LogP contribution in [0.2, 0.25) is 5.02 Å². The van der Waals surface area contributed by atoms with Crippen LogP contribution in [0.1, 0.15) is 6.42 Å². The number of rotatable bonds is 4. The molecule has 0 atom stereocenters. The first-order valence-corrected chi connectivity index (χ1v) is 6.94. The summed E-state index contributed by atoms with van der Waals surface area (Å²) in [6.07, 6.45) is 0.430. The monoisotopic (exact) mass is 280 g/mol. The Kier molecular flexibility index (Phi) is 4.50. The van der Waals surface area contributed by atoms with E-state index in [0.717, 1.165) is 26.4 Å². The van der Waals surface area contributed by atoms with Crippen molar-refractivity contribution in [3.63, 3.8) is 0 Å². The number of hydrogen-bond donors (Lipinski definition) is 0. The third-order valence-corrected chi connectivity index (χ3v) is 3.81. The van der Waals surface area contributed by atoms with Gasteiger partial charge in [0, 0.05) is 15.7 Å². The van der Waals surface area contributed by atoms with E-state index in [4.69, 9.17) is 11.6 Å². The van der Waals surface area contributed by atoms with Crippen LogP contribution in [-0.2, 0) is 9.53 Å². The Morgan fingerprint density at radius 1 is 1.22 bits per heavy atom. The third kappa shape index (κ3) is 3.40. The summed E-state index contributed by atoms with van der Waals surface area (Å²) in [5.41, 5.74) is 0. The first-order valence-electron chi connectivity index (χ1n) is 5.58. The van der Waals surface area contributed by atoms with E-state index >= 15 is 0 Å². The lowest BCUT2D eigenvalue weighted by Gasteiger charge is -2.04. The molecule has 0 spiro atoms. The summed E-state index contributed by atoms with van der Waals surface area (Å²) >= 11 is 7.59. The van der Waals surface area contributed by atoms with Gasteiger partial charge in [-0.15, -0.1) is 11.8 Å². The van der Waals surface area contributed by atoms with Crippen molar-refractivity contribution in [1.29, 1.82) is 0 Å². The molecular formula is C14H13ClO2S. The largest absolute Gasteiger partial charge is 0.469 e. The van der Waals surface area contributed by atoms with Gasteiger partial charge in [-0.1, -0.05) is 23.7 Å². The molecule has 18 heavy (non-hydrogen) atoms. The second-order valence-corrected chi connectivity index (χ2v) is 5.43. The fraction of sp³-hybridized carbons (Fsp3) is 0.214. The summed E-state index contributed by atoms with van der Waals surface area (Å²) in [6.45, 7) is 0. The van der Waals surface area contributed by atoms with Gasteiger partial charge in [-0.05, 0) is 35.0 Å².